The van der Waals surface area contributed by atoms with Gasteiger partial charge in [0.15, 0.2) is 0 Å². The van der Waals surface area contributed by atoms with Gasteiger partial charge < -0.3 is 9.13 Å². The van der Waals surface area contributed by atoms with E-state index in [2.05, 4.69) is 80.2 Å². The summed E-state index contributed by atoms with van der Waals surface area (Å²) < 4.78 is 4.50. The molecule has 0 aromatic carbocycles. The molecule has 0 amide bonds. The number of pyridine rings is 1. The summed E-state index contributed by atoms with van der Waals surface area (Å²) in [5.41, 5.74) is 6.27. The lowest BCUT2D eigenvalue weighted by Crippen LogP contribution is -2.08. The summed E-state index contributed by atoms with van der Waals surface area (Å²) in [5, 5.41) is 0. The number of hydrogen-bond acceptors (Lipinski definition) is 1. The standard InChI is InChI=1S/C22H29N3/c1-6-7-8-9-20-14-21(24-16(2)10-11-17(24)3)23-22(15-20)25-18(4)12-13-19(25)5/h10-15H,6-9H2,1-5H3. The summed E-state index contributed by atoms with van der Waals surface area (Å²) >= 11 is 0. The van der Waals surface area contributed by atoms with Crippen molar-refractivity contribution in [2.45, 2.75) is 60.3 Å². The molecule has 0 aliphatic rings. The van der Waals surface area contributed by atoms with Crippen LogP contribution in [0.25, 0.3) is 11.6 Å². The van der Waals surface area contributed by atoms with Gasteiger partial charge in [-0.2, -0.15) is 0 Å². The Morgan fingerprint density at radius 1 is 0.720 bits per heavy atom. The highest BCUT2D eigenvalue weighted by atomic mass is 15.1. The SMILES string of the molecule is CCCCCc1cc(-n2c(C)ccc2C)nc(-n2c(C)ccc2C)c1. The maximum Gasteiger partial charge on any atom is 0.139 e. The van der Waals surface area contributed by atoms with E-state index in [4.69, 9.17) is 4.98 Å². The van der Waals surface area contributed by atoms with Gasteiger partial charge in [-0.1, -0.05) is 19.8 Å². The van der Waals surface area contributed by atoms with Crippen molar-refractivity contribution in [3.63, 3.8) is 0 Å². The Morgan fingerprint density at radius 2 is 1.16 bits per heavy atom. The zero-order chi connectivity index (χ0) is 18.0. The van der Waals surface area contributed by atoms with Crippen molar-refractivity contribution in [3.8, 4) is 11.6 Å². The highest BCUT2D eigenvalue weighted by Crippen LogP contribution is 2.22. The predicted octanol–water partition coefficient (Wildman–Crippen LogP) is 5.63. The summed E-state index contributed by atoms with van der Waals surface area (Å²) in [6.07, 6.45) is 4.86. The van der Waals surface area contributed by atoms with Crippen molar-refractivity contribution in [2.24, 2.45) is 0 Å². The molecule has 0 unspecified atom stereocenters. The van der Waals surface area contributed by atoms with E-state index in [1.165, 1.54) is 47.6 Å². The molecule has 0 aliphatic carbocycles. The van der Waals surface area contributed by atoms with Crippen LogP contribution in [0.2, 0.25) is 0 Å². The van der Waals surface area contributed by atoms with E-state index in [9.17, 15) is 0 Å². The third-order valence-corrected chi connectivity index (χ3v) is 4.93. The molecule has 0 atom stereocenters. The second-order valence-electron chi connectivity index (χ2n) is 7.05. The lowest BCUT2D eigenvalue weighted by Gasteiger charge is -2.15. The van der Waals surface area contributed by atoms with Gasteiger partial charge in [0.2, 0.25) is 0 Å². The Balaban J connectivity index is 2.12. The number of aromatic nitrogens is 3. The third kappa shape index (κ3) is 3.55. The van der Waals surface area contributed by atoms with Gasteiger partial charge in [0, 0.05) is 22.8 Å². The minimum atomic E-state index is 1.02. The highest BCUT2D eigenvalue weighted by molar-refractivity contribution is 5.42. The molecule has 0 spiro atoms. The predicted molar refractivity (Wildman–Crippen MR) is 105 cm³/mol. The second-order valence-corrected chi connectivity index (χ2v) is 7.05. The second kappa shape index (κ2) is 7.30. The fourth-order valence-electron chi connectivity index (χ4n) is 3.57. The van der Waals surface area contributed by atoms with Crippen LogP contribution in [-0.4, -0.2) is 14.1 Å². The van der Waals surface area contributed by atoms with Gasteiger partial charge in [-0.05, 0) is 82.5 Å². The number of hydrogen-bond donors (Lipinski definition) is 0. The molecule has 0 bridgehead atoms. The van der Waals surface area contributed by atoms with Crippen LogP contribution in [0.5, 0.6) is 0 Å². The molecule has 3 rings (SSSR count). The summed E-state index contributed by atoms with van der Waals surface area (Å²) in [7, 11) is 0. The Bertz CT molecular complexity index is 764. The minimum Gasteiger partial charge on any atom is -0.303 e. The molecule has 3 aromatic heterocycles. The summed E-state index contributed by atoms with van der Waals surface area (Å²) in [6, 6.07) is 13.2. The van der Waals surface area contributed by atoms with Crippen LogP contribution in [0.4, 0.5) is 0 Å². The van der Waals surface area contributed by atoms with Crippen LogP contribution >= 0.6 is 0 Å². The molecule has 3 heteroatoms. The van der Waals surface area contributed by atoms with Crippen molar-refractivity contribution in [1.82, 2.24) is 14.1 Å². The van der Waals surface area contributed by atoms with E-state index < -0.39 is 0 Å². The molecule has 3 heterocycles. The molecular weight excluding hydrogens is 306 g/mol. The van der Waals surface area contributed by atoms with Crippen LogP contribution in [0.1, 0.15) is 54.5 Å². The first-order valence-electron chi connectivity index (χ1n) is 9.33. The van der Waals surface area contributed by atoms with Crippen molar-refractivity contribution >= 4 is 0 Å². The zero-order valence-electron chi connectivity index (χ0n) is 16.1. The summed E-state index contributed by atoms with van der Waals surface area (Å²) in [5.74, 6) is 2.05. The zero-order valence-corrected chi connectivity index (χ0v) is 16.1. The molecule has 0 saturated heterocycles. The fourth-order valence-corrected chi connectivity index (χ4v) is 3.57. The van der Waals surface area contributed by atoms with E-state index in [1.54, 1.807) is 0 Å². The van der Waals surface area contributed by atoms with Crippen LogP contribution in [0.15, 0.2) is 36.4 Å². The van der Waals surface area contributed by atoms with Gasteiger partial charge in [0.05, 0.1) is 0 Å². The van der Waals surface area contributed by atoms with Gasteiger partial charge in [-0.15, -0.1) is 0 Å². The highest BCUT2D eigenvalue weighted by Gasteiger charge is 2.12. The fraction of sp³-hybridized carbons (Fsp3) is 0.409. The summed E-state index contributed by atoms with van der Waals surface area (Å²) in [6.45, 7) is 10.8. The lowest BCUT2D eigenvalue weighted by atomic mass is 10.1. The molecule has 3 nitrogen and oxygen atoms in total. The van der Waals surface area contributed by atoms with Gasteiger partial charge in [0.1, 0.15) is 11.6 Å². The maximum absolute atomic E-state index is 5.02. The molecule has 3 aromatic rings. The van der Waals surface area contributed by atoms with E-state index in [1.807, 2.05) is 0 Å². The van der Waals surface area contributed by atoms with E-state index in [0.29, 0.717) is 0 Å². The molecule has 0 radical (unpaired) electrons. The van der Waals surface area contributed by atoms with E-state index in [0.717, 1.165) is 18.1 Å². The Labute approximate surface area is 151 Å². The number of nitrogens with zero attached hydrogens (tertiary/aromatic N) is 3. The first-order chi connectivity index (χ1) is 12.0. The first kappa shape index (κ1) is 17.5. The largest absolute Gasteiger partial charge is 0.303 e. The Morgan fingerprint density at radius 3 is 1.56 bits per heavy atom. The quantitative estimate of drug-likeness (QED) is 0.535. The van der Waals surface area contributed by atoms with Crippen LogP contribution in [-0.2, 0) is 6.42 Å². The molecule has 0 saturated carbocycles. The number of unbranched alkanes of at least 4 members (excludes halogenated alkanes) is 2. The average Bonchev–Trinajstić information content (AvgIpc) is 3.09. The van der Waals surface area contributed by atoms with E-state index in [-0.39, 0.29) is 0 Å². The molecule has 0 fully saturated rings. The lowest BCUT2D eigenvalue weighted by molar-refractivity contribution is 0.715. The van der Waals surface area contributed by atoms with E-state index >= 15 is 0 Å². The normalized spacial score (nSPS) is 11.2. The molecule has 25 heavy (non-hydrogen) atoms. The third-order valence-electron chi connectivity index (χ3n) is 4.93. The first-order valence-corrected chi connectivity index (χ1v) is 9.33. The van der Waals surface area contributed by atoms with Crippen molar-refractivity contribution in [3.05, 3.63) is 64.7 Å². The molecule has 0 aliphatic heterocycles. The van der Waals surface area contributed by atoms with Crippen molar-refractivity contribution < 1.29 is 0 Å². The van der Waals surface area contributed by atoms with Gasteiger partial charge >= 0.3 is 0 Å². The Hall–Kier alpha value is -2.29. The molecular formula is C22H29N3. The number of rotatable bonds is 6. The summed E-state index contributed by atoms with van der Waals surface area (Å²) in [4.78, 5) is 5.02. The van der Waals surface area contributed by atoms with Crippen molar-refractivity contribution in [2.75, 3.05) is 0 Å². The van der Waals surface area contributed by atoms with Gasteiger partial charge in [-0.25, -0.2) is 4.98 Å². The topological polar surface area (TPSA) is 22.8 Å². The number of aryl methyl sites for hydroxylation is 5. The van der Waals surface area contributed by atoms with Crippen LogP contribution in [0, 0.1) is 27.7 Å². The minimum absolute atomic E-state index is 1.02. The molecule has 0 N–H and O–H groups in total. The van der Waals surface area contributed by atoms with Crippen LogP contribution < -0.4 is 0 Å². The maximum atomic E-state index is 5.02. The average molecular weight is 335 g/mol. The van der Waals surface area contributed by atoms with Crippen molar-refractivity contribution in [1.29, 1.82) is 0 Å². The molecule has 132 valence electrons. The smallest absolute Gasteiger partial charge is 0.139 e. The Kier molecular flexibility index (Phi) is 5.12. The van der Waals surface area contributed by atoms with Gasteiger partial charge in [-0.3, -0.25) is 0 Å². The monoisotopic (exact) mass is 335 g/mol. The van der Waals surface area contributed by atoms with Gasteiger partial charge in [0.25, 0.3) is 0 Å². The van der Waals surface area contributed by atoms with Crippen LogP contribution in [0.3, 0.4) is 0 Å².